The highest BCUT2D eigenvalue weighted by atomic mass is 16.5. The van der Waals surface area contributed by atoms with Crippen molar-refractivity contribution < 1.29 is 9.47 Å². The van der Waals surface area contributed by atoms with E-state index in [4.69, 9.17) is 9.47 Å². The lowest BCUT2D eigenvalue weighted by Gasteiger charge is -2.16. The smallest absolute Gasteiger partial charge is 0.218 e. The molecule has 5 nitrogen and oxygen atoms in total. The van der Waals surface area contributed by atoms with Gasteiger partial charge in [0.05, 0.1) is 6.61 Å². The number of hydrogen-bond donors (Lipinski definition) is 1. The molecule has 5 heteroatoms. The van der Waals surface area contributed by atoms with E-state index in [1.807, 2.05) is 13.0 Å². The molecule has 0 aliphatic carbocycles. The van der Waals surface area contributed by atoms with Crippen molar-refractivity contribution in [1.82, 2.24) is 9.97 Å². The first-order valence-electron chi connectivity index (χ1n) is 7.96. The van der Waals surface area contributed by atoms with Crippen LogP contribution in [0, 0.1) is 5.92 Å². The maximum absolute atomic E-state index is 5.88. The molecule has 0 bridgehead atoms. The van der Waals surface area contributed by atoms with Gasteiger partial charge in [-0.3, -0.25) is 0 Å². The summed E-state index contributed by atoms with van der Waals surface area (Å²) in [6, 6.07) is 1.86. The maximum atomic E-state index is 5.88. The Balaban J connectivity index is 2.66. The molecule has 0 radical (unpaired) electrons. The minimum Gasteiger partial charge on any atom is -0.477 e. The van der Waals surface area contributed by atoms with Gasteiger partial charge in [-0.1, -0.05) is 33.1 Å². The Morgan fingerprint density at radius 1 is 1.24 bits per heavy atom. The molecule has 1 aromatic heterocycles. The molecular formula is C16H29N3O2. The minimum atomic E-state index is 0.392. The highest BCUT2D eigenvalue weighted by Gasteiger charge is 2.10. The van der Waals surface area contributed by atoms with Crippen LogP contribution in [0.5, 0.6) is 5.88 Å². The van der Waals surface area contributed by atoms with Crippen molar-refractivity contribution in [3.63, 3.8) is 0 Å². The zero-order chi connectivity index (χ0) is 15.5. The van der Waals surface area contributed by atoms with Gasteiger partial charge in [-0.2, -0.15) is 4.98 Å². The van der Waals surface area contributed by atoms with Crippen LogP contribution in [0.2, 0.25) is 0 Å². The molecule has 1 unspecified atom stereocenters. The number of nitrogens with zero attached hydrogens (tertiary/aromatic N) is 2. The van der Waals surface area contributed by atoms with Crippen LogP contribution in [0.4, 0.5) is 5.82 Å². The summed E-state index contributed by atoms with van der Waals surface area (Å²) in [5.41, 5.74) is 0. The summed E-state index contributed by atoms with van der Waals surface area (Å²) in [4.78, 5) is 8.78. The van der Waals surface area contributed by atoms with Gasteiger partial charge in [0.2, 0.25) is 5.88 Å². The summed E-state index contributed by atoms with van der Waals surface area (Å²) in [5, 5.41) is 3.20. The zero-order valence-corrected chi connectivity index (χ0v) is 13.8. The summed E-state index contributed by atoms with van der Waals surface area (Å²) in [6.07, 6.45) is 4.83. The van der Waals surface area contributed by atoms with Gasteiger partial charge < -0.3 is 14.8 Å². The Hall–Kier alpha value is -1.36. The van der Waals surface area contributed by atoms with Crippen LogP contribution in [0.25, 0.3) is 0 Å². The molecular weight excluding hydrogens is 266 g/mol. The first-order valence-corrected chi connectivity index (χ1v) is 7.96. The van der Waals surface area contributed by atoms with Crippen molar-refractivity contribution in [2.45, 2.75) is 53.1 Å². The van der Waals surface area contributed by atoms with Gasteiger partial charge in [-0.25, -0.2) is 4.98 Å². The van der Waals surface area contributed by atoms with Gasteiger partial charge in [-0.05, 0) is 19.3 Å². The second-order valence-corrected chi connectivity index (χ2v) is 5.20. The van der Waals surface area contributed by atoms with Gasteiger partial charge in [0.1, 0.15) is 12.4 Å². The van der Waals surface area contributed by atoms with Crippen molar-refractivity contribution >= 4 is 5.82 Å². The quantitative estimate of drug-likeness (QED) is 0.675. The maximum Gasteiger partial charge on any atom is 0.218 e. The average Bonchev–Trinajstić information content (AvgIpc) is 2.48. The zero-order valence-electron chi connectivity index (χ0n) is 13.8. The number of ether oxygens (including phenoxy) is 2. The van der Waals surface area contributed by atoms with Crippen molar-refractivity contribution in [3.8, 4) is 5.88 Å². The number of nitrogens with one attached hydrogen (secondary N) is 1. The fourth-order valence-corrected chi connectivity index (χ4v) is 2.11. The van der Waals surface area contributed by atoms with Crippen molar-refractivity contribution in [1.29, 1.82) is 0 Å². The van der Waals surface area contributed by atoms with Gasteiger partial charge in [0.25, 0.3) is 0 Å². The molecule has 0 amide bonds. The normalized spacial score (nSPS) is 12.2. The highest BCUT2D eigenvalue weighted by Crippen LogP contribution is 2.18. The molecule has 0 saturated carbocycles. The third kappa shape index (κ3) is 6.76. The lowest BCUT2D eigenvalue weighted by molar-refractivity contribution is 0.174. The van der Waals surface area contributed by atoms with E-state index in [9.17, 15) is 0 Å². The molecule has 120 valence electrons. The van der Waals surface area contributed by atoms with Crippen LogP contribution >= 0.6 is 0 Å². The molecule has 1 atom stereocenters. The first kappa shape index (κ1) is 17.7. The number of anilines is 1. The third-order valence-electron chi connectivity index (χ3n) is 3.39. The standard InChI is InChI=1S/C16H29N3O2/c1-5-8-9-13(6-2)11-21-16-10-14(17-7-3)18-15(19-16)12-20-4/h10,13H,5-9,11-12H2,1-4H3,(H,17,18,19). The summed E-state index contributed by atoms with van der Waals surface area (Å²) >= 11 is 0. The predicted molar refractivity (Wildman–Crippen MR) is 85.7 cm³/mol. The molecule has 21 heavy (non-hydrogen) atoms. The summed E-state index contributed by atoms with van der Waals surface area (Å²) in [7, 11) is 1.64. The van der Waals surface area contributed by atoms with Gasteiger partial charge >= 0.3 is 0 Å². The predicted octanol–water partition coefficient (Wildman–Crippen LogP) is 3.65. The Bertz CT molecular complexity index is 375. The van der Waals surface area contributed by atoms with Crippen molar-refractivity contribution in [3.05, 3.63) is 11.9 Å². The van der Waals surface area contributed by atoms with Crippen LogP contribution in [0.15, 0.2) is 6.07 Å². The van der Waals surface area contributed by atoms with E-state index in [0.717, 1.165) is 18.8 Å². The van der Waals surface area contributed by atoms with E-state index >= 15 is 0 Å². The highest BCUT2D eigenvalue weighted by molar-refractivity contribution is 5.38. The van der Waals surface area contributed by atoms with Crippen molar-refractivity contribution in [2.75, 3.05) is 25.6 Å². The molecule has 0 aromatic carbocycles. The number of aromatic nitrogens is 2. The van der Waals surface area contributed by atoms with Gasteiger partial charge in [0.15, 0.2) is 5.82 Å². The SMILES string of the molecule is CCCCC(CC)COc1cc(NCC)nc(COC)n1. The number of unbranched alkanes of at least 4 members (excludes halogenated alkanes) is 1. The van der Waals surface area contributed by atoms with Crippen LogP contribution in [-0.2, 0) is 11.3 Å². The van der Waals surface area contributed by atoms with Crippen LogP contribution < -0.4 is 10.1 Å². The monoisotopic (exact) mass is 295 g/mol. The van der Waals surface area contributed by atoms with Crippen molar-refractivity contribution in [2.24, 2.45) is 5.92 Å². The first-order chi connectivity index (χ1) is 10.2. The van der Waals surface area contributed by atoms with E-state index in [1.165, 1.54) is 19.3 Å². The molecule has 0 aliphatic rings. The average molecular weight is 295 g/mol. The second kappa shape index (κ2) is 10.4. The summed E-state index contributed by atoms with van der Waals surface area (Å²) in [6.45, 7) is 8.39. The topological polar surface area (TPSA) is 56.3 Å². The third-order valence-corrected chi connectivity index (χ3v) is 3.39. The largest absolute Gasteiger partial charge is 0.477 e. The molecule has 0 fully saturated rings. The molecule has 1 rings (SSSR count). The van der Waals surface area contributed by atoms with Crippen LogP contribution in [0.3, 0.4) is 0 Å². The number of methoxy groups -OCH3 is 1. The van der Waals surface area contributed by atoms with E-state index in [0.29, 0.717) is 30.8 Å². The molecule has 1 aromatic rings. The molecule has 1 heterocycles. The van der Waals surface area contributed by atoms with Gasteiger partial charge in [-0.15, -0.1) is 0 Å². The Morgan fingerprint density at radius 2 is 2.05 bits per heavy atom. The van der Waals surface area contributed by atoms with E-state index in [-0.39, 0.29) is 0 Å². The van der Waals surface area contributed by atoms with E-state index in [1.54, 1.807) is 7.11 Å². The minimum absolute atomic E-state index is 0.392. The summed E-state index contributed by atoms with van der Waals surface area (Å²) in [5.74, 6) is 2.65. The molecule has 1 N–H and O–H groups in total. The Labute approximate surface area is 128 Å². The fraction of sp³-hybridized carbons (Fsp3) is 0.750. The fourth-order valence-electron chi connectivity index (χ4n) is 2.11. The summed E-state index contributed by atoms with van der Waals surface area (Å²) < 4.78 is 11.0. The Morgan fingerprint density at radius 3 is 2.67 bits per heavy atom. The van der Waals surface area contributed by atoms with Gasteiger partial charge in [0, 0.05) is 19.7 Å². The molecule has 0 saturated heterocycles. The number of hydrogen-bond acceptors (Lipinski definition) is 5. The van der Waals surface area contributed by atoms with E-state index in [2.05, 4.69) is 29.1 Å². The van der Waals surface area contributed by atoms with Crippen LogP contribution in [0.1, 0.15) is 52.3 Å². The second-order valence-electron chi connectivity index (χ2n) is 5.20. The lowest BCUT2D eigenvalue weighted by Crippen LogP contribution is -2.13. The molecule has 0 aliphatic heterocycles. The molecule has 0 spiro atoms. The lowest BCUT2D eigenvalue weighted by atomic mass is 10.0. The van der Waals surface area contributed by atoms with Crippen LogP contribution in [-0.4, -0.2) is 30.2 Å². The van der Waals surface area contributed by atoms with E-state index < -0.39 is 0 Å². The Kier molecular flexibility index (Phi) is 8.74. The number of rotatable bonds is 11.